The predicted octanol–water partition coefficient (Wildman–Crippen LogP) is 1.97. The Hall–Kier alpha value is -0.670. The summed E-state index contributed by atoms with van der Waals surface area (Å²) in [6, 6.07) is 6.69. The highest BCUT2D eigenvalue weighted by Gasteiger charge is 2.23. The first-order valence-corrected chi connectivity index (χ1v) is 11.6. The second kappa shape index (κ2) is 8.62. The van der Waals surface area contributed by atoms with Crippen molar-refractivity contribution in [3.63, 3.8) is 0 Å². The van der Waals surface area contributed by atoms with Gasteiger partial charge in [-0.25, -0.2) is 25.9 Å². The summed E-state index contributed by atoms with van der Waals surface area (Å²) < 4.78 is 52.6. The van der Waals surface area contributed by atoms with Crippen molar-refractivity contribution in [2.75, 3.05) is 25.4 Å². The summed E-state index contributed by atoms with van der Waals surface area (Å²) in [6.07, 6.45) is 3.79. The lowest BCUT2D eigenvalue weighted by atomic mass is 10.2. The smallest absolute Gasteiger partial charge is 0.214 e. The molecule has 1 N–H and O–H groups in total. The van der Waals surface area contributed by atoms with Gasteiger partial charge in [0, 0.05) is 24.7 Å². The van der Waals surface area contributed by atoms with Gasteiger partial charge in [-0.2, -0.15) is 0 Å². The summed E-state index contributed by atoms with van der Waals surface area (Å²) in [5, 5.41) is 0.375. The van der Waals surface area contributed by atoms with Gasteiger partial charge < -0.3 is 0 Å². The third-order valence-corrected chi connectivity index (χ3v) is 7.52. The topological polar surface area (TPSA) is 83.5 Å². The molecule has 1 heterocycles. The van der Waals surface area contributed by atoms with Crippen molar-refractivity contribution in [1.82, 2.24) is 9.03 Å². The second-order valence-electron chi connectivity index (χ2n) is 5.87. The van der Waals surface area contributed by atoms with E-state index in [1.54, 1.807) is 24.3 Å². The molecule has 1 fully saturated rings. The molecule has 0 amide bonds. The van der Waals surface area contributed by atoms with E-state index < -0.39 is 20.0 Å². The Morgan fingerprint density at radius 3 is 2.25 bits per heavy atom. The van der Waals surface area contributed by atoms with Crippen LogP contribution in [0.4, 0.5) is 0 Å². The molecule has 1 aliphatic heterocycles. The Morgan fingerprint density at radius 1 is 1.00 bits per heavy atom. The van der Waals surface area contributed by atoms with Crippen molar-refractivity contribution in [3.05, 3.63) is 34.9 Å². The van der Waals surface area contributed by atoms with Crippen LogP contribution in [0, 0.1) is 0 Å². The Bertz CT molecular complexity index is 742. The van der Waals surface area contributed by atoms with Crippen LogP contribution in [0.5, 0.6) is 0 Å². The lowest BCUT2D eigenvalue weighted by molar-refractivity contribution is 0.423. The van der Waals surface area contributed by atoms with E-state index in [-0.39, 0.29) is 18.1 Å². The molecule has 0 bridgehead atoms. The fraction of sp³-hybridized carbons (Fsp3) is 0.600. The molecule has 9 heteroatoms. The minimum atomic E-state index is -3.63. The first-order chi connectivity index (χ1) is 11.3. The van der Waals surface area contributed by atoms with Gasteiger partial charge in [0.25, 0.3) is 0 Å². The third-order valence-electron chi connectivity index (χ3n) is 3.94. The van der Waals surface area contributed by atoms with Crippen LogP contribution in [0.3, 0.4) is 0 Å². The highest BCUT2D eigenvalue weighted by atomic mass is 35.5. The van der Waals surface area contributed by atoms with Crippen LogP contribution in [0.1, 0.15) is 31.2 Å². The van der Waals surface area contributed by atoms with E-state index in [4.69, 9.17) is 11.6 Å². The lowest BCUT2D eigenvalue weighted by Gasteiger charge is -2.19. The van der Waals surface area contributed by atoms with Crippen LogP contribution in [-0.2, 0) is 25.8 Å². The molecule has 0 aliphatic carbocycles. The molecule has 1 aromatic carbocycles. The Morgan fingerprint density at radius 2 is 1.62 bits per heavy atom. The molecule has 1 aromatic rings. The van der Waals surface area contributed by atoms with Crippen molar-refractivity contribution < 1.29 is 16.8 Å². The number of hydrogen-bond acceptors (Lipinski definition) is 4. The SMILES string of the molecule is O=S(=O)(Cc1ccccc1Cl)NCCS(=O)(=O)N1CCCCCC1. The monoisotopic (exact) mass is 394 g/mol. The van der Waals surface area contributed by atoms with E-state index in [1.165, 1.54) is 4.31 Å². The van der Waals surface area contributed by atoms with Gasteiger partial charge >= 0.3 is 0 Å². The van der Waals surface area contributed by atoms with Crippen molar-refractivity contribution in [3.8, 4) is 0 Å². The number of sulfonamides is 2. The summed E-state index contributed by atoms with van der Waals surface area (Å²) in [5.41, 5.74) is 0.488. The first-order valence-electron chi connectivity index (χ1n) is 7.99. The molecule has 0 saturated carbocycles. The highest BCUT2D eigenvalue weighted by Crippen LogP contribution is 2.17. The standard InChI is InChI=1S/C15H23ClN2O4S2/c16-15-8-4-3-7-14(15)13-23(19,20)17-9-12-24(21,22)18-10-5-1-2-6-11-18/h3-4,7-8,17H,1-2,5-6,9-13H2. The van der Waals surface area contributed by atoms with Crippen molar-refractivity contribution in [1.29, 1.82) is 0 Å². The minimum Gasteiger partial charge on any atom is -0.214 e. The van der Waals surface area contributed by atoms with Crippen LogP contribution in [0.2, 0.25) is 5.02 Å². The van der Waals surface area contributed by atoms with Crippen LogP contribution < -0.4 is 4.72 Å². The summed E-state index contributed by atoms with van der Waals surface area (Å²) >= 11 is 5.96. The van der Waals surface area contributed by atoms with Gasteiger partial charge in [0.1, 0.15) is 0 Å². The Labute approximate surface area is 149 Å². The summed E-state index contributed by atoms with van der Waals surface area (Å²) in [5.74, 6) is -0.495. The van der Waals surface area contributed by atoms with Gasteiger partial charge in [0.15, 0.2) is 0 Å². The van der Waals surface area contributed by atoms with Crippen LogP contribution in [0.15, 0.2) is 24.3 Å². The molecule has 1 aliphatic rings. The highest BCUT2D eigenvalue weighted by molar-refractivity contribution is 7.89. The maximum absolute atomic E-state index is 12.3. The average Bonchev–Trinajstić information content (AvgIpc) is 2.79. The number of halogens is 1. The summed E-state index contributed by atoms with van der Waals surface area (Å²) in [7, 11) is -7.06. The van der Waals surface area contributed by atoms with Gasteiger partial charge in [0.05, 0.1) is 11.5 Å². The van der Waals surface area contributed by atoms with Crippen molar-refractivity contribution in [2.45, 2.75) is 31.4 Å². The Balaban J connectivity index is 1.89. The molecule has 0 atom stereocenters. The van der Waals surface area contributed by atoms with E-state index in [1.807, 2.05) is 0 Å². The zero-order valence-corrected chi connectivity index (χ0v) is 15.8. The number of hydrogen-bond donors (Lipinski definition) is 1. The molecule has 0 aromatic heterocycles. The normalized spacial score (nSPS) is 17.5. The minimum absolute atomic E-state index is 0.133. The number of benzene rings is 1. The molecule has 136 valence electrons. The maximum Gasteiger partial charge on any atom is 0.215 e. The molecule has 24 heavy (non-hydrogen) atoms. The van der Waals surface area contributed by atoms with Crippen LogP contribution in [0.25, 0.3) is 0 Å². The van der Waals surface area contributed by atoms with Crippen molar-refractivity contribution >= 4 is 31.6 Å². The molecule has 0 radical (unpaired) electrons. The first kappa shape index (κ1) is 19.7. The summed E-state index contributed by atoms with van der Waals surface area (Å²) in [6.45, 7) is 0.912. The average molecular weight is 395 g/mol. The number of nitrogens with one attached hydrogen (secondary N) is 1. The molecular formula is C15H23ClN2O4S2. The van der Waals surface area contributed by atoms with Crippen LogP contribution in [-0.4, -0.2) is 46.5 Å². The zero-order valence-electron chi connectivity index (χ0n) is 13.4. The van der Waals surface area contributed by atoms with E-state index >= 15 is 0 Å². The van der Waals surface area contributed by atoms with Crippen molar-refractivity contribution in [2.24, 2.45) is 0 Å². The van der Waals surface area contributed by atoms with E-state index in [9.17, 15) is 16.8 Å². The molecule has 1 saturated heterocycles. The van der Waals surface area contributed by atoms with Crippen LogP contribution >= 0.6 is 11.6 Å². The van der Waals surface area contributed by atoms with Gasteiger partial charge in [-0.05, 0) is 24.5 Å². The van der Waals surface area contributed by atoms with Gasteiger partial charge in [0.2, 0.25) is 20.0 Å². The van der Waals surface area contributed by atoms with Gasteiger partial charge in [-0.1, -0.05) is 42.6 Å². The summed E-state index contributed by atoms with van der Waals surface area (Å²) in [4.78, 5) is 0. The lowest BCUT2D eigenvalue weighted by Crippen LogP contribution is -2.38. The Kier molecular flexibility index (Phi) is 7.06. The molecular weight excluding hydrogens is 372 g/mol. The van der Waals surface area contributed by atoms with E-state index in [0.717, 1.165) is 25.7 Å². The fourth-order valence-electron chi connectivity index (χ4n) is 2.65. The maximum atomic E-state index is 12.3. The molecule has 0 spiro atoms. The zero-order chi connectivity index (χ0) is 17.6. The van der Waals surface area contributed by atoms with Gasteiger partial charge in [-0.15, -0.1) is 0 Å². The van der Waals surface area contributed by atoms with E-state index in [0.29, 0.717) is 23.7 Å². The molecule has 2 rings (SSSR count). The fourth-order valence-corrected chi connectivity index (χ4v) is 5.67. The molecule has 6 nitrogen and oxygen atoms in total. The second-order valence-corrected chi connectivity index (χ2v) is 10.2. The third kappa shape index (κ3) is 6.00. The largest absolute Gasteiger partial charge is 0.215 e. The quantitative estimate of drug-likeness (QED) is 0.766. The number of nitrogens with zero attached hydrogens (tertiary/aromatic N) is 1. The molecule has 0 unspecified atom stereocenters. The number of rotatable bonds is 7. The predicted molar refractivity (Wildman–Crippen MR) is 95.9 cm³/mol. The van der Waals surface area contributed by atoms with Gasteiger partial charge in [-0.3, -0.25) is 0 Å². The van der Waals surface area contributed by atoms with E-state index in [2.05, 4.69) is 4.72 Å².